The summed E-state index contributed by atoms with van der Waals surface area (Å²) >= 11 is 0. The molecule has 0 aliphatic rings. The summed E-state index contributed by atoms with van der Waals surface area (Å²) in [5.41, 5.74) is 4.82. The van der Waals surface area contributed by atoms with Gasteiger partial charge in [-0.1, -0.05) is 47.5 Å². The number of aryl methyl sites for hydroxylation is 4. The molecule has 0 aliphatic carbocycles. The molecule has 5 heteroatoms. The Balaban J connectivity index is 1.99. The topological polar surface area (TPSA) is 42.3 Å². The van der Waals surface area contributed by atoms with Crippen molar-refractivity contribution in [1.29, 1.82) is 0 Å². The average molecular weight is 405 g/mol. The molecule has 0 fully saturated rings. The third kappa shape index (κ3) is 3.32. The fraction of sp³-hybridized carbons (Fsp3) is 0.167. The Kier molecular flexibility index (Phi) is 4.71. The number of sulfonamides is 1. The maximum Gasteiger partial charge on any atom is 0.269 e. The Hall–Kier alpha value is -3.05. The van der Waals surface area contributed by atoms with Crippen LogP contribution in [-0.2, 0) is 17.1 Å². The first-order valence-electron chi connectivity index (χ1n) is 9.53. The van der Waals surface area contributed by atoms with Gasteiger partial charge in [0.15, 0.2) is 0 Å². The zero-order valence-electron chi connectivity index (χ0n) is 17.0. The second-order valence-corrected chi connectivity index (χ2v) is 9.27. The Morgan fingerprint density at radius 3 is 1.97 bits per heavy atom. The first kappa shape index (κ1) is 19.3. The molecule has 3 aromatic carbocycles. The predicted molar refractivity (Wildman–Crippen MR) is 119 cm³/mol. The van der Waals surface area contributed by atoms with E-state index in [1.54, 1.807) is 12.1 Å². The average Bonchev–Trinajstić information content (AvgIpc) is 3.02. The summed E-state index contributed by atoms with van der Waals surface area (Å²) in [6.45, 7) is 5.97. The van der Waals surface area contributed by atoms with Crippen LogP contribution in [0.2, 0.25) is 0 Å². The Morgan fingerprint density at radius 2 is 1.38 bits per heavy atom. The van der Waals surface area contributed by atoms with Gasteiger partial charge in [-0.3, -0.25) is 0 Å². The normalized spacial score (nSPS) is 11.7. The smallest absolute Gasteiger partial charge is 0.269 e. The second kappa shape index (κ2) is 7.08. The fourth-order valence-corrected chi connectivity index (χ4v) is 5.09. The number of hydrogen-bond acceptors (Lipinski definition) is 2. The van der Waals surface area contributed by atoms with Crippen molar-refractivity contribution in [2.24, 2.45) is 7.05 Å². The number of anilines is 2. The van der Waals surface area contributed by atoms with Crippen LogP contribution in [0.4, 0.5) is 11.5 Å². The molecule has 148 valence electrons. The molecule has 0 atom stereocenters. The van der Waals surface area contributed by atoms with Gasteiger partial charge >= 0.3 is 0 Å². The van der Waals surface area contributed by atoms with Crippen LogP contribution in [-0.4, -0.2) is 13.0 Å². The van der Waals surface area contributed by atoms with Crippen molar-refractivity contribution < 1.29 is 8.42 Å². The first-order chi connectivity index (χ1) is 13.8. The molecule has 0 aliphatic heterocycles. The van der Waals surface area contributed by atoms with Crippen LogP contribution in [0, 0.1) is 20.8 Å². The van der Waals surface area contributed by atoms with Gasteiger partial charge in [-0.2, -0.15) is 0 Å². The van der Waals surface area contributed by atoms with Crippen LogP contribution >= 0.6 is 0 Å². The molecule has 0 spiro atoms. The molecule has 1 aromatic heterocycles. The quantitative estimate of drug-likeness (QED) is 0.442. The lowest BCUT2D eigenvalue weighted by Crippen LogP contribution is -2.28. The van der Waals surface area contributed by atoms with Crippen molar-refractivity contribution in [3.63, 3.8) is 0 Å². The largest absolute Gasteiger partial charge is 0.329 e. The minimum atomic E-state index is -3.81. The second-order valence-electron chi connectivity index (χ2n) is 7.49. The lowest BCUT2D eigenvalue weighted by molar-refractivity contribution is 0.595. The molecule has 4 rings (SSSR count). The van der Waals surface area contributed by atoms with Gasteiger partial charge in [0.25, 0.3) is 10.0 Å². The summed E-state index contributed by atoms with van der Waals surface area (Å²) in [6, 6.07) is 22.5. The highest BCUT2D eigenvalue weighted by molar-refractivity contribution is 7.93. The lowest BCUT2D eigenvalue weighted by Gasteiger charge is -2.25. The van der Waals surface area contributed by atoms with Crippen LogP contribution in [0.25, 0.3) is 10.9 Å². The molecule has 0 N–H and O–H groups in total. The Bertz CT molecular complexity index is 1290. The number of fused-ring (bicyclic) bond motifs is 1. The van der Waals surface area contributed by atoms with E-state index in [4.69, 9.17) is 0 Å². The van der Waals surface area contributed by atoms with E-state index in [0.29, 0.717) is 11.5 Å². The van der Waals surface area contributed by atoms with Crippen molar-refractivity contribution in [2.45, 2.75) is 25.7 Å². The highest BCUT2D eigenvalue weighted by Crippen LogP contribution is 2.36. The van der Waals surface area contributed by atoms with E-state index in [1.807, 2.05) is 93.0 Å². The van der Waals surface area contributed by atoms with Crippen molar-refractivity contribution in [1.82, 2.24) is 4.57 Å². The van der Waals surface area contributed by atoms with E-state index in [9.17, 15) is 8.42 Å². The van der Waals surface area contributed by atoms with Crippen LogP contribution in [0.3, 0.4) is 0 Å². The SMILES string of the molecule is Cc1ccc(N(c2cc3c(C)cccc3n2C)S(=O)(=O)c2ccc(C)cc2)cc1. The summed E-state index contributed by atoms with van der Waals surface area (Å²) in [5.74, 6) is 0.610. The number of nitrogens with zero attached hydrogens (tertiary/aromatic N) is 2. The molecule has 0 unspecified atom stereocenters. The molecular weight excluding hydrogens is 380 g/mol. The molecule has 1 heterocycles. The van der Waals surface area contributed by atoms with Crippen molar-refractivity contribution in [3.8, 4) is 0 Å². The highest BCUT2D eigenvalue weighted by Gasteiger charge is 2.29. The lowest BCUT2D eigenvalue weighted by atomic mass is 10.1. The number of rotatable bonds is 4. The van der Waals surface area contributed by atoms with Crippen LogP contribution in [0.15, 0.2) is 77.7 Å². The summed E-state index contributed by atoms with van der Waals surface area (Å²) in [4.78, 5) is 0.269. The minimum absolute atomic E-state index is 0.269. The molecule has 0 amide bonds. The van der Waals surface area contributed by atoms with E-state index >= 15 is 0 Å². The summed E-state index contributed by atoms with van der Waals surface area (Å²) in [5, 5.41) is 1.04. The molecule has 0 radical (unpaired) electrons. The number of hydrogen-bond donors (Lipinski definition) is 0. The summed E-state index contributed by atoms with van der Waals surface area (Å²) in [6.07, 6.45) is 0. The van der Waals surface area contributed by atoms with Crippen LogP contribution < -0.4 is 4.31 Å². The summed E-state index contributed by atoms with van der Waals surface area (Å²) in [7, 11) is -1.90. The zero-order valence-corrected chi connectivity index (χ0v) is 17.9. The van der Waals surface area contributed by atoms with E-state index in [-0.39, 0.29) is 4.90 Å². The highest BCUT2D eigenvalue weighted by atomic mass is 32.2. The van der Waals surface area contributed by atoms with E-state index in [0.717, 1.165) is 27.6 Å². The van der Waals surface area contributed by atoms with Crippen molar-refractivity contribution in [3.05, 3.63) is 89.5 Å². The van der Waals surface area contributed by atoms with E-state index in [1.165, 1.54) is 4.31 Å². The molecule has 4 aromatic rings. The number of aromatic nitrogens is 1. The van der Waals surface area contributed by atoms with Gasteiger partial charge in [-0.25, -0.2) is 12.7 Å². The maximum atomic E-state index is 13.8. The summed E-state index contributed by atoms with van der Waals surface area (Å²) < 4.78 is 30.9. The first-order valence-corrected chi connectivity index (χ1v) is 11.0. The number of benzene rings is 3. The maximum absolute atomic E-state index is 13.8. The van der Waals surface area contributed by atoms with E-state index < -0.39 is 10.0 Å². The van der Waals surface area contributed by atoms with Crippen LogP contribution in [0.1, 0.15) is 16.7 Å². The third-order valence-electron chi connectivity index (χ3n) is 5.32. The molecule has 0 saturated heterocycles. The van der Waals surface area contributed by atoms with E-state index in [2.05, 4.69) is 0 Å². The van der Waals surface area contributed by atoms with Crippen molar-refractivity contribution in [2.75, 3.05) is 4.31 Å². The van der Waals surface area contributed by atoms with Crippen molar-refractivity contribution >= 4 is 32.4 Å². The van der Waals surface area contributed by atoms with Gasteiger partial charge in [-0.15, -0.1) is 0 Å². The predicted octanol–water partition coefficient (Wildman–Crippen LogP) is 5.63. The molecular formula is C24H24N2O2S. The molecule has 29 heavy (non-hydrogen) atoms. The van der Waals surface area contributed by atoms with Gasteiger partial charge < -0.3 is 4.57 Å². The Labute approximate surface area is 172 Å². The molecule has 0 saturated carbocycles. The van der Waals surface area contributed by atoms with Crippen LogP contribution in [0.5, 0.6) is 0 Å². The molecule has 0 bridgehead atoms. The fourth-order valence-electron chi connectivity index (χ4n) is 3.58. The third-order valence-corrected chi connectivity index (χ3v) is 7.06. The minimum Gasteiger partial charge on any atom is -0.329 e. The Morgan fingerprint density at radius 1 is 0.793 bits per heavy atom. The van der Waals surface area contributed by atoms with Gasteiger partial charge in [0.05, 0.1) is 10.6 Å². The standard InChI is InChI=1S/C24H24N2O2S/c1-17-8-12-20(13-9-17)26(29(27,28)21-14-10-18(2)11-15-21)24-16-22-19(3)6-5-7-23(22)25(24)4/h5-16H,1-4H3. The zero-order chi connectivity index (χ0) is 20.8. The van der Waals surface area contributed by atoms with Gasteiger partial charge in [0.2, 0.25) is 0 Å². The monoisotopic (exact) mass is 404 g/mol. The van der Waals surface area contributed by atoms with Gasteiger partial charge in [-0.05, 0) is 62.7 Å². The van der Waals surface area contributed by atoms with Gasteiger partial charge in [0.1, 0.15) is 5.82 Å². The van der Waals surface area contributed by atoms with Gasteiger partial charge in [0, 0.05) is 18.0 Å². The molecule has 4 nitrogen and oxygen atoms in total.